The van der Waals surface area contributed by atoms with Crippen LogP contribution in [0.3, 0.4) is 0 Å². The zero-order valence-electron chi connectivity index (χ0n) is 15.0. The van der Waals surface area contributed by atoms with E-state index in [1.165, 1.54) is 0 Å². The number of hydrogen-bond donors (Lipinski definition) is 1. The van der Waals surface area contributed by atoms with Crippen LogP contribution < -0.4 is 4.90 Å². The molecule has 2 aromatic rings. The summed E-state index contributed by atoms with van der Waals surface area (Å²) in [5, 5.41) is 0.979. The van der Waals surface area contributed by atoms with Crippen LogP contribution in [-0.2, 0) is 9.47 Å². The summed E-state index contributed by atoms with van der Waals surface area (Å²) >= 11 is 0. The van der Waals surface area contributed by atoms with Crippen LogP contribution in [0.25, 0.3) is 10.9 Å². The Balaban J connectivity index is 2.40. The van der Waals surface area contributed by atoms with Gasteiger partial charge in [-0.2, -0.15) is 4.90 Å². The van der Waals surface area contributed by atoms with Crippen molar-refractivity contribution in [3.8, 4) is 0 Å². The number of imide groups is 1. The Morgan fingerprint density at radius 1 is 0.917 bits per heavy atom. The molecule has 0 saturated carbocycles. The number of carbonyl (C=O) groups is 2. The van der Waals surface area contributed by atoms with Crippen molar-refractivity contribution >= 4 is 28.8 Å². The zero-order valence-corrected chi connectivity index (χ0v) is 15.0. The van der Waals surface area contributed by atoms with Crippen molar-refractivity contribution in [3.63, 3.8) is 0 Å². The van der Waals surface area contributed by atoms with E-state index in [9.17, 15) is 9.59 Å². The summed E-state index contributed by atoms with van der Waals surface area (Å²) in [6, 6.07) is 7.13. The summed E-state index contributed by atoms with van der Waals surface area (Å²) in [4.78, 5) is 29.1. The van der Waals surface area contributed by atoms with Crippen LogP contribution in [-0.4, -0.2) is 28.4 Å². The van der Waals surface area contributed by atoms with E-state index in [0.29, 0.717) is 5.69 Å². The second-order valence-electron chi connectivity index (χ2n) is 7.55. The van der Waals surface area contributed by atoms with Crippen LogP contribution >= 0.6 is 0 Å². The minimum atomic E-state index is -0.775. The minimum Gasteiger partial charge on any atom is -0.443 e. The fourth-order valence-corrected chi connectivity index (χ4v) is 2.08. The predicted octanol–water partition coefficient (Wildman–Crippen LogP) is 4.84. The third-order valence-electron chi connectivity index (χ3n) is 2.95. The van der Waals surface area contributed by atoms with Crippen molar-refractivity contribution < 1.29 is 19.1 Å². The fourth-order valence-electron chi connectivity index (χ4n) is 2.08. The van der Waals surface area contributed by atoms with E-state index >= 15 is 0 Å². The molecule has 0 aliphatic carbocycles. The number of amides is 2. The monoisotopic (exact) mass is 332 g/mol. The number of benzene rings is 1. The topological polar surface area (TPSA) is 71.6 Å². The van der Waals surface area contributed by atoms with E-state index < -0.39 is 23.4 Å². The molecule has 0 bridgehead atoms. The number of rotatable bonds is 1. The van der Waals surface area contributed by atoms with Crippen molar-refractivity contribution in [2.45, 2.75) is 52.7 Å². The molecule has 2 amide bonds. The van der Waals surface area contributed by atoms with E-state index in [2.05, 4.69) is 4.98 Å². The maximum atomic E-state index is 12.6. The molecule has 1 aromatic heterocycles. The highest BCUT2D eigenvalue weighted by Gasteiger charge is 2.32. The highest BCUT2D eigenvalue weighted by molar-refractivity contribution is 6.10. The molecule has 1 N–H and O–H groups in total. The molecule has 0 atom stereocenters. The van der Waals surface area contributed by atoms with Gasteiger partial charge in [0.05, 0.1) is 5.69 Å². The average Bonchev–Trinajstić information content (AvgIpc) is 2.81. The summed E-state index contributed by atoms with van der Waals surface area (Å²) in [5.41, 5.74) is -0.264. The van der Waals surface area contributed by atoms with Gasteiger partial charge in [-0.15, -0.1) is 0 Å². The molecular formula is C18H24N2O4. The molecule has 0 aliphatic rings. The summed E-state index contributed by atoms with van der Waals surface area (Å²) in [7, 11) is 0. The molecule has 6 nitrogen and oxygen atoms in total. The average molecular weight is 332 g/mol. The second-order valence-corrected chi connectivity index (χ2v) is 7.55. The molecule has 0 saturated heterocycles. The van der Waals surface area contributed by atoms with Gasteiger partial charge in [0, 0.05) is 11.7 Å². The molecule has 0 fully saturated rings. The molecule has 1 aromatic carbocycles. The Bertz CT molecular complexity index is 722. The number of fused-ring (bicyclic) bond motifs is 1. The molecule has 0 aliphatic heterocycles. The molecule has 130 valence electrons. The van der Waals surface area contributed by atoms with Crippen molar-refractivity contribution in [2.75, 3.05) is 4.90 Å². The SMILES string of the molecule is CC(C)(C)OC(=O)N(C(=O)OC(C)(C)C)c1ccc2cc[nH]c2c1. The highest BCUT2D eigenvalue weighted by Crippen LogP contribution is 2.25. The smallest absolute Gasteiger partial charge is 0.424 e. The number of aromatic nitrogens is 1. The van der Waals surface area contributed by atoms with Crippen LogP contribution in [0.2, 0.25) is 0 Å². The Morgan fingerprint density at radius 2 is 1.46 bits per heavy atom. The lowest BCUT2D eigenvalue weighted by atomic mass is 10.2. The lowest BCUT2D eigenvalue weighted by Crippen LogP contribution is -2.43. The first kappa shape index (κ1) is 17.8. The van der Waals surface area contributed by atoms with Gasteiger partial charge in [-0.1, -0.05) is 6.07 Å². The summed E-state index contributed by atoms with van der Waals surface area (Å²) in [6.07, 6.45) is 0.241. The van der Waals surface area contributed by atoms with Gasteiger partial charge in [0.1, 0.15) is 11.2 Å². The minimum absolute atomic E-state index is 0.383. The number of carbonyl (C=O) groups excluding carboxylic acids is 2. The van der Waals surface area contributed by atoms with Gasteiger partial charge < -0.3 is 14.5 Å². The van der Waals surface area contributed by atoms with Crippen molar-refractivity contribution in [1.29, 1.82) is 0 Å². The second kappa shape index (κ2) is 6.19. The Morgan fingerprint density at radius 3 is 1.96 bits per heavy atom. The van der Waals surface area contributed by atoms with E-state index in [1.807, 2.05) is 12.1 Å². The summed E-state index contributed by atoms with van der Waals surface area (Å²) in [5.74, 6) is 0. The number of hydrogen-bond acceptors (Lipinski definition) is 4. The molecule has 6 heteroatoms. The summed E-state index contributed by atoms with van der Waals surface area (Å²) < 4.78 is 10.7. The van der Waals surface area contributed by atoms with E-state index in [-0.39, 0.29) is 0 Å². The lowest BCUT2D eigenvalue weighted by molar-refractivity contribution is 0.0431. The maximum Gasteiger partial charge on any atom is 0.424 e. The van der Waals surface area contributed by atoms with Gasteiger partial charge >= 0.3 is 12.2 Å². The van der Waals surface area contributed by atoms with E-state index in [0.717, 1.165) is 15.8 Å². The lowest BCUT2D eigenvalue weighted by Gasteiger charge is -2.28. The van der Waals surface area contributed by atoms with E-state index in [4.69, 9.17) is 9.47 Å². The molecule has 24 heavy (non-hydrogen) atoms. The molecule has 0 unspecified atom stereocenters. The Labute approximate surface area is 141 Å². The fraction of sp³-hybridized carbons (Fsp3) is 0.444. The number of nitrogens with zero attached hydrogens (tertiary/aromatic N) is 1. The molecule has 0 radical (unpaired) electrons. The number of anilines is 1. The Kier molecular flexibility index (Phi) is 4.60. The van der Waals surface area contributed by atoms with Crippen molar-refractivity contribution in [1.82, 2.24) is 4.98 Å². The molecule has 1 heterocycles. The van der Waals surface area contributed by atoms with Crippen molar-refractivity contribution in [3.05, 3.63) is 30.5 Å². The standard InChI is InChI=1S/C18H24N2O4/c1-17(2,3)23-15(21)20(16(22)24-18(4,5)6)13-8-7-12-9-10-19-14(12)11-13/h7-11,19H,1-6H3. The first-order chi connectivity index (χ1) is 11.0. The third kappa shape index (κ3) is 4.50. The predicted molar refractivity (Wildman–Crippen MR) is 93.2 cm³/mol. The molecular weight excluding hydrogens is 308 g/mol. The van der Waals surface area contributed by atoms with Gasteiger partial charge in [-0.3, -0.25) is 0 Å². The quantitative estimate of drug-likeness (QED) is 0.810. The number of aromatic amines is 1. The van der Waals surface area contributed by atoms with Crippen molar-refractivity contribution in [2.24, 2.45) is 0 Å². The molecule has 2 rings (SSSR count). The van der Waals surface area contributed by atoms with Crippen LogP contribution in [0.4, 0.5) is 15.3 Å². The van der Waals surface area contributed by atoms with E-state index in [1.54, 1.807) is 59.9 Å². The highest BCUT2D eigenvalue weighted by atomic mass is 16.6. The molecule has 0 spiro atoms. The van der Waals surface area contributed by atoms with Gasteiger partial charge in [-0.05, 0) is 65.1 Å². The third-order valence-corrected chi connectivity index (χ3v) is 2.95. The first-order valence-electron chi connectivity index (χ1n) is 7.79. The van der Waals surface area contributed by atoms with Gasteiger partial charge in [0.15, 0.2) is 0 Å². The largest absolute Gasteiger partial charge is 0.443 e. The summed E-state index contributed by atoms with van der Waals surface area (Å²) in [6.45, 7) is 10.5. The number of nitrogens with one attached hydrogen (secondary N) is 1. The Hall–Kier alpha value is -2.50. The van der Waals surface area contributed by atoms with Crippen LogP contribution in [0, 0.1) is 0 Å². The number of ether oxygens (including phenoxy) is 2. The van der Waals surface area contributed by atoms with Gasteiger partial charge in [-0.25, -0.2) is 9.59 Å². The zero-order chi connectivity index (χ0) is 18.1. The van der Waals surface area contributed by atoms with Gasteiger partial charge in [0.2, 0.25) is 0 Å². The van der Waals surface area contributed by atoms with Crippen LogP contribution in [0.5, 0.6) is 0 Å². The maximum absolute atomic E-state index is 12.6. The van der Waals surface area contributed by atoms with Crippen LogP contribution in [0.15, 0.2) is 30.5 Å². The van der Waals surface area contributed by atoms with Crippen LogP contribution in [0.1, 0.15) is 41.5 Å². The number of H-pyrrole nitrogens is 1. The first-order valence-corrected chi connectivity index (χ1v) is 7.79. The normalized spacial score (nSPS) is 12.1. The van der Waals surface area contributed by atoms with Gasteiger partial charge in [0.25, 0.3) is 0 Å².